The van der Waals surface area contributed by atoms with Gasteiger partial charge >= 0.3 is 0 Å². The number of hydrogen-bond donors (Lipinski definition) is 0. The Morgan fingerprint density at radius 3 is 1.96 bits per heavy atom. The predicted molar refractivity (Wildman–Crippen MR) is 220 cm³/mol. The van der Waals surface area contributed by atoms with Crippen LogP contribution in [-0.4, -0.2) is 0 Å². The molecule has 6 unspecified atom stereocenters. The fourth-order valence-corrected chi connectivity index (χ4v) is 13.8. The second-order valence-corrected chi connectivity index (χ2v) is 19.3. The van der Waals surface area contributed by atoms with E-state index in [1.165, 1.54) is 99.7 Å². The number of rotatable bonds is 4. The molecule has 1 nitrogen and oxygen atoms in total. The molecular weight excluding hydrogens is 639 g/mol. The van der Waals surface area contributed by atoms with Crippen LogP contribution in [0.1, 0.15) is 88.5 Å². The van der Waals surface area contributed by atoms with E-state index >= 15 is 0 Å². The molecule has 4 saturated carbocycles. The molecule has 4 fully saturated rings. The number of benzene rings is 6. The lowest BCUT2D eigenvalue weighted by atomic mass is 9.27. The summed E-state index contributed by atoms with van der Waals surface area (Å²) in [6.45, 7) is 9.70. The van der Waals surface area contributed by atoms with Crippen LogP contribution in [0.15, 0.2) is 127 Å². The van der Waals surface area contributed by atoms with Crippen molar-refractivity contribution in [1.82, 2.24) is 0 Å². The van der Waals surface area contributed by atoms with Crippen molar-refractivity contribution in [2.75, 3.05) is 4.90 Å². The van der Waals surface area contributed by atoms with Gasteiger partial charge in [0.1, 0.15) is 0 Å². The molecule has 0 heterocycles. The van der Waals surface area contributed by atoms with E-state index in [0.29, 0.717) is 5.41 Å². The lowest BCUT2D eigenvalue weighted by Crippen LogP contribution is -2.73. The van der Waals surface area contributed by atoms with Crippen LogP contribution in [0.4, 0.5) is 17.1 Å². The van der Waals surface area contributed by atoms with Crippen LogP contribution in [0.2, 0.25) is 0 Å². The van der Waals surface area contributed by atoms with Crippen LogP contribution in [-0.2, 0) is 16.2 Å². The molecule has 6 aliphatic rings. The third kappa shape index (κ3) is 3.79. The van der Waals surface area contributed by atoms with Crippen molar-refractivity contribution in [3.8, 4) is 22.3 Å². The van der Waals surface area contributed by atoms with Gasteiger partial charge in [-0.1, -0.05) is 113 Å². The molecule has 0 aliphatic heterocycles. The van der Waals surface area contributed by atoms with E-state index in [0.717, 1.165) is 23.7 Å². The van der Waals surface area contributed by atoms with Crippen molar-refractivity contribution >= 4 is 27.8 Å². The lowest BCUT2D eigenvalue weighted by Gasteiger charge is -2.76. The maximum absolute atomic E-state index is 2.56. The minimum absolute atomic E-state index is 0.141. The van der Waals surface area contributed by atoms with Gasteiger partial charge in [0.05, 0.1) is 0 Å². The Labute approximate surface area is 315 Å². The maximum Gasteiger partial charge on any atom is 0.0468 e. The van der Waals surface area contributed by atoms with Crippen LogP contribution in [0.25, 0.3) is 33.0 Å². The molecule has 2 spiro atoms. The molecule has 0 aromatic heterocycles. The van der Waals surface area contributed by atoms with Crippen LogP contribution in [0.5, 0.6) is 0 Å². The molecule has 0 saturated heterocycles. The van der Waals surface area contributed by atoms with E-state index in [4.69, 9.17) is 0 Å². The van der Waals surface area contributed by atoms with Crippen LogP contribution in [0, 0.1) is 29.1 Å². The summed E-state index contributed by atoms with van der Waals surface area (Å²) in [4.78, 5) is 2.48. The normalized spacial score (nSPS) is 29.9. The minimum Gasteiger partial charge on any atom is -0.310 e. The van der Waals surface area contributed by atoms with E-state index < -0.39 is 0 Å². The van der Waals surface area contributed by atoms with Gasteiger partial charge in [-0.15, -0.1) is 0 Å². The van der Waals surface area contributed by atoms with Gasteiger partial charge in [0, 0.05) is 22.5 Å². The first-order valence-electron chi connectivity index (χ1n) is 20.5. The van der Waals surface area contributed by atoms with Gasteiger partial charge in [-0.2, -0.15) is 0 Å². The summed E-state index contributed by atoms with van der Waals surface area (Å²) in [6, 6.07) is 49.4. The van der Waals surface area contributed by atoms with Gasteiger partial charge in [0.25, 0.3) is 0 Å². The highest BCUT2D eigenvalue weighted by atomic mass is 15.1. The predicted octanol–water partition coefficient (Wildman–Crippen LogP) is 13.7. The molecule has 53 heavy (non-hydrogen) atoms. The molecular formula is C52H49N. The summed E-state index contributed by atoms with van der Waals surface area (Å²) in [5.74, 6) is 3.71. The smallest absolute Gasteiger partial charge is 0.0468 e. The molecule has 2 bridgehead atoms. The summed E-state index contributed by atoms with van der Waals surface area (Å²) < 4.78 is 0. The van der Waals surface area contributed by atoms with Gasteiger partial charge in [0.15, 0.2) is 0 Å². The summed E-state index contributed by atoms with van der Waals surface area (Å²) in [5, 5.41) is 2.54. The van der Waals surface area contributed by atoms with Gasteiger partial charge in [-0.3, -0.25) is 0 Å². The monoisotopic (exact) mass is 687 g/mol. The molecule has 1 heteroatoms. The SMILES string of the molecule is CC1(C)CCC(C)(C)c2cc(N(c3ccc(-c4ccc5c(c4)-c4ccccc4C54C5CC6CC7CC4C75C6)cc3)c3ccc4ccccc4c3)ccc21. The van der Waals surface area contributed by atoms with Crippen LogP contribution in [0.3, 0.4) is 0 Å². The first-order chi connectivity index (χ1) is 25.7. The topological polar surface area (TPSA) is 3.24 Å². The van der Waals surface area contributed by atoms with E-state index in [1.807, 2.05) is 0 Å². The van der Waals surface area contributed by atoms with Gasteiger partial charge in [-0.25, -0.2) is 0 Å². The standard InChI is InChI=1S/C52H49N/c1-49(2)23-24-50(3,4)46-30-40(20-22-45(46)49)53(39-19-15-33-9-5-6-10-35(33)27-39)38-17-13-34(14-18-38)36-16-21-44-42(28-36)41-11-7-8-12-43(41)52(44)47-26-32-25-37-29-48(52)51(37,47)31-32/h5-22,27-28,30,32,37,47-48H,23-26,29,31H2,1-4H3. The first-order valence-corrected chi connectivity index (χ1v) is 20.5. The zero-order chi connectivity index (χ0) is 35.5. The van der Waals surface area contributed by atoms with Crippen molar-refractivity contribution in [1.29, 1.82) is 0 Å². The molecule has 6 aromatic rings. The number of anilines is 3. The lowest BCUT2D eigenvalue weighted by molar-refractivity contribution is -0.231. The molecule has 6 aromatic carbocycles. The van der Waals surface area contributed by atoms with Gasteiger partial charge in [0.2, 0.25) is 0 Å². The summed E-state index contributed by atoms with van der Waals surface area (Å²) in [6.07, 6.45) is 8.38. The number of nitrogens with zero attached hydrogens (tertiary/aromatic N) is 1. The average molecular weight is 688 g/mol. The molecule has 0 amide bonds. The Balaban J connectivity index is 0.953. The quantitative estimate of drug-likeness (QED) is 0.178. The molecule has 6 aliphatic carbocycles. The first kappa shape index (κ1) is 30.8. The van der Waals surface area contributed by atoms with E-state index in [9.17, 15) is 0 Å². The highest BCUT2D eigenvalue weighted by molar-refractivity contribution is 5.90. The maximum atomic E-state index is 2.56. The largest absolute Gasteiger partial charge is 0.310 e. The fraction of sp³-hybridized carbons (Fsp3) is 0.346. The Morgan fingerprint density at radius 2 is 1.13 bits per heavy atom. The van der Waals surface area contributed by atoms with Crippen molar-refractivity contribution < 1.29 is 0 Å². The second-order valence-electron chi connectivity index (χ2n) is 19.3. The highest BCUT2D eigenvalue weighted by Gasteiger charge is 2.84. The third-order valence-corrected chi connectivity index (χ3v) is 16.2. The molecule has 12 rings (SSSR count). The summed E-state index contributed by atoms with van der Waals surface area (Å²) >= 11 is 0. The van der Waals surface area contributed by atoms with E-state index in [1.54, 1.807) is 11.1 Å². The third-order valence-electron chi connectivity index (χ3n) is 16.2. The van der Waals surface area contributed by atoms with Gasteiger partial charge in [-0.05, 0) is 176 Å². The molecule has 0 N–H and O–H groups in total. The highest BCUT2D eigenvalue weighted by Crippen LogP contribution is 2.89. The van der Waals surface area contributed by atoms with Crippen molar-refractivity contribution in [3.63, 3.8) is 0 Å². The minimum atomic E-state index is 0.141. The van der Waals surface area contributed by atoms with Gasteiger partial charge < -0.3 is 4.90 Å². The molecule has 0 radical (unpaired) electrons. The summed E-state index contributed by atoms with van der Waals surface area (Å²) in [7, 11) is 0. The summed E-state index contributed by atoms with van der Waals surface area (Å²) in [5.41, 5.74) is 16.8. The van der Waals surface area contributed by atoms with Crippen LogP contribution >= 0.6 is 0 Å². The fourth-order valence-electron chi connectivity index (χ4n) is 13.8. The van der Waals surface area contributed by atoms with E-state index in [2.05, 4.69) is 160 Å². The number of fused-ring (bicyclic) bond motifs is 10. The van der Waals surface area contributed by atoms with Crippen LogP contribution < -0.4 is 4.90 Å². The molecule has 6 atom stereocenters. The Kier molecular flexibility index (Phi) is 5.88. The Bertz CT molecular complexity index is 2520. The molecule has 262 valence electrons. The Hall–Kier alpha value is -4.62. The van der Waals surface area contributed by atoms with E-state index in [-0.39, 0.29) is 16.2 Å². The van der Waals surface area contributed by atoms with Crippen molar-refractivity contribution in [2.45, 2.75) is 82.5 Å². The number of hydrogen-bond acceptors (Lipinski definition) is 1. The zero-order valence-corrected chi connectivity index (χ0v) is 31.6. The van der Waals surface area contributed by atoms with Crippen molar-refractivity contribution in [3.05, 3.63) is 150 Å². The average Bonchev–Trinajstić information content (AvgIpc) is 3.81. The Morgan fingerprint density at radius 1 is 0.491 bits per heavy atom. The second kappa shape index (κ2) is 10.1. The van der Waals surface area contributed by atoms with Crippen molar-refractivity contribution in [2.24, 2.45) is 29.1 Å². The zero-order valence-electron chi connectivity index (χ0n) is 31.6.